The molecule has 1 unspecified atom stereocenters. The van der Waals surface area contributed by atoms with Gasteiger partial charge >= 0.3 is 0 Å². The van der Waals surface area contributed by atoms with Gasteiger partial charge in [0.05, 0.1) is 5.69 Å². The van der Waals surface area contributed by atoms with Crippen molar-refractivity contribution in [1.29, 1.82) is 0 Å². The molecule has 2 heterocycles. The van der Waals surface area contributed by atoms with Gasteiger partial charge in [-0.15, -0.1) is 0 Å². The van der Waals surface area contributed by atoms with Gasteiger partial charge in [-0.2, -0.15) is 0 Å². The minimum absolute atomic E-state index is 0.142. The summed E-state index contributed by atoms with van der Waals surface area (Å²) in [6.45, 7) is 3.30. The van der Waals surface area contributed by atoms with Crippen LogP contribution >= 0.6 is 0 Å². The molecule has 0 saturated carbocycles. The van der Waals surface area contributed by atoms with Crippen molar-refractivity contribution in [2.45, 2.75) is 32.7 Å². The van der Waals surface area contributed by atoms with Gasteiger partial charge in [0.2, 0.25) is 0 Å². The number of aryl methyl sites for hydroxylation is 1. The van der Waals surface area contributed by atoms with Crippen molar-refractivity contribution in [2.75, 3.05) is 0 Å². The van der Waals surface area contributed by atoms with E-state index in [1.54, 1.807) is 6.07 Å². The van der Waals surface area contributed by atoms with E-state index in [0.29, 0.717) is 12.3 Å². The van der Waals surface area contributed by atoms with Crippen LogP contribution in [0.15, 0.2) is 30.5 Å². The Kier molecular flexibility index (Phi) is 2.90. The van der Waals surface area contributed by atoms with E-state index in [9.17, 15) is 4.39 Å². The first kappa shape index (κ1) is 11.5. The Hall–Kier alpha value is -1.64. The number of fused-ring (bicyclic) bond motifs is 1. The molecule has 2 aromatic rings. The van der Waals surface area contributed by atoms with E-state index in [0.717, 1.165) is 30.0 Å². The smallest absolute Gasteiger partial charge is 0.126 e. The van der Waals surface area contributed by atoms with E-state index in [-0.39, 0.29) is 5.82 Å². The number of halogens is 1. The molecule has 0 fully saturated rings. The third-order valence-electron chi connectivity index (χ3n) is 3.61. The maximum atomic E-state index is 13.6. The third kappa shape index (κ3) is 2.17. The maximum absolute atomic E-state index is 13.6. The standard InChI is InChI=1S/C15H17FN2/c1-11-6-7-15-17-13(10-18(15)9-11)8-12-4-2-3-5-14(12)16/h2-5,10-11H,6-9H2,1H3. The number of nitrogens with zero attached hydrogens (tertiary/aromatic N) is 2. The van der Waals surface area contributed by atoms with E-state index < -0.39 is 0 Å². The molecule has 1 aromatic carbocycles. The summed E-state index contributed by atoms with van der Waals surface area (Å²) in [5.74, 6) is 1.73. The Morgan fingerprint density at radius 1 is 1.39 bits per heavy atom. The van der Waals surface area contributed by atoms with Gasteiger partial charge in [-0.25, -0.2) is 9.37 Å². The minimum atomic E-state index is -0.142. The number of benzene rings is 1. The van der Waals surface area contributed by atoms with Crippen LogP contribution in [0.25, 0.3) is 0 Å². The highest BCUT2D eigenvalue weighted by atomic mass is 19.1. The average molecular weight is 244 g/mol. The van der Waals surface area contributed by atoms with E-state index in [1.807, 2.05) is 12.1 Å². The van der Waals surface area contributed by atoms with E-state index in [1.165, 1.54) is 12.5 Å². The summed E-state index contributed by atoms with van der Waals surface area (Å²) in [4.78, 5) is 4.62. The fourth-order valence-electron chi connectivity index (χ4n) is 2.60. The number of hydrogen-bond acceptors (Lipinski definition) is 1. The van der Waals surface area contributed by atoms with Crippen LogP contribution in [-0.2, 0) is 19.4 Å². The molecule has 0 radical (unpaired) electrons. The molecule has 0 bridgehead atoms. The first-order chi connectivity index (χ1) is 8.72. The minimum Gasteiger partial charge on any atom is -0.334 e. The highest BCUT2D eigenvalue weighted by molar-refractivity contribution is 5.23. The molecule has 3 heteroatoms. The fraction of sp³-hybridized carbons (Fsp3) is 0.400. The SMILES string of the molecule is CC1CCc2nc(Cc3ccccc3F)cn2C1. The fourth-order valence-corrected chi connectivity index (χ4v) is 2.60. The molecule has 1 aromatic heterocycles. The van der Waals surface area contributed by atoms with Gasteiger partial charge in [0.1, 0.15) is 11.6 Å². The first-order valence-corrected chi connectivity index (χ1v) is 6.50. The second-order valence-electron chi connectivity index (χ2n) is 5.21. The lowest BCUT2D eigenvalue weighted by Gasteiger charge is -2.19. The topological polar surface area (TPSA) is 17.8 Å². The molecule has 1 aliphatic rings. The van der Waals surface area contributed by atoms with Crippen LogP contribution in [0.3, 0.4) is 0 Å². The Morgan fingerprint density at radius 2 is 2.22 bits per heavy atom. The molecule has 2 nitrogen and oxygen atoms in total. The predicted octanol–water partition coefficient (Wildman–Crippen LogP) is 3.20. The van der Waals surface area contributed by atoms with Crippen molar-refractivity contribution in [2.24, 2.45) is 5.92 Å². The van der Waals surface area contributed by atoms with Crippen LogP contribution in [0, 0.1) is 11.7 Å². The van der Waals surface area contributed by atoms with Gasteiger partial charge < -0.3 is 4.57 Å². The lowest BCUT2D eigenvalue weighted by Crippen LogP contribution is -2.17. The van der Waals surface area contributed by atoms with E-state index in [2.05, 4.69) is 22.7 Å². The van der Waals surface area contributed by atoms with E-state index in [4.69, 9.17) is 0 Å². The lowest BCUT2D eigenvalue weighted by molar-refractivity contribution is 0.394. The largest absolute Gasteiger partial charge is 0.334 e. The van der Waals surface area contributed by atoms with Crippen LogP contribution in [0.4, 0.5) is 4.39 Å². The molecule has 0 aliphatic carbocycles. The number of imidazole rings is 1. The summed E-state index contributed by atoms with van der Waals surface area (Å²) in [7, 11) is 0. The molecular formula is C15H17FN2. The van der Waals surface area contributed by atoms with Crippen molar-refractivity contribution < 1.29 is 4.39 Å². The number of aromatic nitrogens is 2. The number of rotatable bonds is 2. The first-order valence-electron chi connectivity index (χ1n) is 6.50. The maximum Gasteiger partial charge on any atom is 0.126 e. The quantitative estimate of drug-likeness (QED) is 0.793. The second kappa shape index (κ2) is 4.56. The van der Waals surface area contributed by atoms with Gasteiger partial charge in [-0.3, -0.25) is 0 Å². The predicted molar refractivity (Wildman–Crippen MR) is 68.9 cm³/mol. The second-order valence-corrected chi connectivity index (χ2v) is 5.21. The Bertz CT molecular complexity index is 559. The molecule has 0 saturated heterocycles. The zero-order valence-electron chi connectivity index (χ0n) is 10.6. The van der Waals surface area contributed by atoms with Crippen LogP contribution in [0.1, 0.15) is 30.4 Å². The summed E-state index contributed by atoms with van der Waals surface area (Å²) in [6, 6.07) is 6.93. The molecule has 0 amide bonds. The molecule has 3 rings (SSSR count). The third-order valence-corrected chi connectivity index (χ3v) is 3.61. The van der Waals surface area contributed by atoms with Crippen molar-refractivity contribution in [1.82, 2.24) is 9.55 Å². The molecule has 0 spiro atoms. The molecule has 18 heavy (non-hydrogen) atoms. The monoisotopic (exact) mass is 244 g/mol. The molecule has 0 N–H and O–H groups in total. The summed E-state index contributed by atoms with van der Waals surface area (Å²) >= 11 is 0. The lowest BCUT2D eigenvalue weighted by atomic mass is 10.0. The zero-order valence-corrected chi connectivity index (χ0v) is 10.6. The summed E-state index contributed by atoms with van der Waals surface area (Å²) < 4.78 is 15.8. The van der Waals surface area contributed by atoms with Gasteiger partial charge in [0.25, 0.3) is 0 Å². The summed E-state index contributed by atoms with van der Waals surface area (Å²) in [5.41, 5.74) is 1.70. The summed E-state index contributed by atoms with van der Waals surface area (Å²) in [6.07, 6.45) is 4.91. The molecular weight excluding hydrogens is 227 g/mol. The Morgan fingerprint density at radius 3 is 3.06 bits per heavy atom. The van der Waals surface area contributed by atoms with E-state index >= 15 is 0 Å². The van der Waals surface area contributed by atoms with Crippen molar-refractivity contribution in [3.05, 3.63) is 53.4 Å². The molecule has 1 aliphatic heterocycles. The number of hydrogen-bond donors (Lipinski definition) is 0. The van der Waals surface area contributed by atoms with Crippen LogP contribution in [0.2, 0.25) is 0 Å². The van der Waals surface area contributed by atoms with Crippen LogP contribution in [-0.4, -0.2) is 9.55 Å². The Labute approximate surface area is 106 Å². The zero-order chi connectivity index (χ0) is 12.5. The van der Waals surface area contributed by atoms with Crippen LogP contribution in [0.5, 0.6) is 0 Å². The molecule has 94 valence electrons. The van der Waals surface area contributed by atoms with Crippen molar-refractivity contribution in [3.8, 4) is 0 Å². The molecule has 1 atom stereocenters. The van der Waals surface area contributed by atoms with Gasteiger partial charge in [0.15, 0.2) is 0 Å². The van der Waals surface area contributed by atoms with Gasteiger partial charge in [0, 0.05) is 25.6 Å². The van der Waals surface area contributed by atoms with Crippen molar-refractivity contribution in [3.63, 3.8) is 0 Å². The normalized spacial score (nSPS) is 18.7. The highest BCUT2D eigenvalue weighted by Crippen LogP contribution is 2.21. The Balaban J connectivity index is 1.84. The van der Waals surface area contributed by atoms with Gasteiger partial charge in [-0.05, 0) is 24.0 Å². The van der Waals surface area contributed by atoms with Gasteiger partial charge in [-0.1, -0.05) is 25.1 Å². The highest BCUT2D eigenvalue weighted by Gasteiger charge is 2.17. The van der Waals surface area contributed by atoms with Crippen molar-refractivity contribution >= 4 is 0 Å². The van der Waals surface area contributed by atoms with Crippen LogP contribution < -0.4 is 0 Å². The summed E-state index contributed by atoms with van der Waals surface area (Å²) in [5, 5.41) is 0. The average Bonchev–Trinajstić information content (AvgIpc) is 2.73.